The van der Waals surface area contributed by atoms with Crippen LogP contribution in [0.4, 0.5) is 0 Å². The summed E-state index contributed by atoms with van der Waals surface area (Å²) in [6, 6.07) is 18.3. The fraction of sp³-hybridized carbons (Fsp3) is 0.136. The Kier molecular flexibility index (Phi) is 5.34. The van der Waals surface area contributed by atoms with Crippen LogP contribution in [-0.4, -0.2) is 27.4 Å². The molecule has 0 aliphatic rings. The Morgan fingerprint density at radius 2 is 1.83 bits per heavy atom. The number of aromatic nitrogens is 2. The Balaban J connectivity index is 1.62. The van der Waals surface area contributed by atoms with Crippen LogP contribution < -0.4 is 5.56 Å². The zero-order valence-electron chi connectivity index (χ0n) is 15.9. The number of halogens is 1. The highest BCUT2D eigenvalue weighted by Crippen LogP contribution is 2.23. The van der Waals surface area contributed by atoms with Crippen LogP contribution in [0, 0.1) is 6.92 Å². The van der Waals surface area contributed by atoms with Crippen LogP contribution in [0.1, 0.15) is 21.1 Å². The van der Waals surface area contributed by atoms with E-state index in [0.29, 0.717) is 34.5 Å². The zero-order chi connectivity index (χ0) is 20.5. The lowest BCUT2D eigenvalue weighted by atomic mass is 10.1. The topological polar surface area (TPSA) is 55.2 Å². The van der Waals surface area contributed by atoms with Gasteiger partial charge in [0.15, 0.2) is 0 Å². The van der Waals surface area contributed by atoms with E-state index in [2.05, 4.69) is 20.9 Å². The molecule has 0 radical (unpaired) electrons. The number of amides is 1. The third-order valence-corrected chi connectivity index (χ3v) is 6.29. The second-order valence-electron chi connectivity index (χ2n) is 6.73. The van der Waals surface area contributed by atoms with Crippen LogP contribution in [0.2, 0.25) is 0 Å². The molecule has 0 saturated carbocycles. The Hall–Kier alpha value is -2.77. The van der Waals surface area contributed by atoms with Crippen molar-refractivity contribution in [3.05, 3.63) is 91.1 Å². The van der Waals surface area contributed by atoms with Crippen molar-refractivity contribution in [2.24, 2.45) is 0 Å². The minimum Gasteiger partial charge on any atom is -0.337 e. The first-order valence-electron chi connectivity index (χ1n) is 9.02. The average molecular weight is 468 g/mol. The van der Waals surface area contributed by atoms with Crippen LogP contribution in [0.3, 0.4) is 0 Å². The number of fused-ring (bicyclic) bond motifs is 1. The number of hydrogen-bond acceptors (Lipinski definition) is 4. The maximum Gasteiger partial charge on any atom is 0.265 e. The second-order valence-corrected chi connectivity index (χ2v) is 9.28. The van der Waals surface area contributed by atoms with Crippen molar-refractivity contribution in [3.8, 4) is 5.69 Å². The van der Waals surface area contributed by atoms with Gasteiger partial charge in [0.1, 0.15) is 5.82 Å². The minimum absolute atomic E-state index is 0.0678. The molecular weight excluding hydrogens is 450 g/mol. The molecule has 2 heterocycles. The molecule has 4 aromatic rings. The van der Waals surface area contributed by atoms with Crippen LogP contribution in [0.15, 0.2) is 69.2 Å². The number of thiophene rings is 1. The minimum atomic E-state index is -0.118. The van der Waals surface area contributed by atoms with E-state index < -0.39 is 0 Å². The summed E-state index contributed by atoms with van der Waals surface area (Å²) in [4.78, 5) is 33.0. The monoisotopic (exact) mass is 467 g/mol. The number of aryl methyl sites for hydroxylation is 1. The molecule has 0 N–H and O–H groups in total. The quantitative estimate of drug-likeness (QED) is 0.433. The van der Waals surface area contributed by atoms with Gasteiger partial charge in [-0.15, -0.1) is 11.3 Å². The van der Waals surface area contributed by atoms with Crippen molar-refractivity contribution in [2.75, 3.05) is 7.05 Å². The lowest BCUT2D eigenvalue weighted by molar-refractivity contribution is 0.0786. The molecular formula is C22H18BrN3O2S. The summed E-state index contributed by atoms with van der Waals surface area (Å²) in [5.41, 5.74) is 1.82. The molecule has 0 aliphatic carbocycles. The van der Waals surface area contributed by atoms with Crippen molar-refractivity contribution in [1.82, 2.24) is 14.5 Å². The number of nitrogens with zero attached hydrogens (tertiary/aromatic N) is 3. The van der Waals surface area contributed by atoms with Crippen molar-refractivity contribution in [3.63, 3.8) is 0 Å². The molecule has 0 saturated heterocycles. The lowest BCUT2D eigenvalue weighted by Gasteiger charge is -2.17. The van der Waals surface area contributed by atoms with Crippen LogP contribution >= 0.6 is 27.3 Å². The van der Waals surface area contributed by atoms with Crippen LogP contribution in [0.25, 0.3) is 16.6 Å². The van der Waals surface area contributed by atoms with Gasteiger partial charge in [-0.3, -0.25) is 14.2 Å². The molecule has 1 amide bonds. The Bertz CT molecular complexity index is 1260. The molecule has 29 heavy (non-hydrogen) atoms. The third kappa shape index (κ3) is 3.88. The molecule has 0 spiro atoms. The molecule has 2 aromatic heterocycles. The number of benzene rings is 2. The van der Waals surface area contributed by atoms with Gasteiger partial charge >= 0.3 is 0 Å². The largest absolute Gasteiger partial charge is 0.337 e. The van der Waals surface area contributed by atoms with Crippen molar-refractivity contribution in [1.29, 1.82) is 0 Å². The van der Waals surface area contributed by atoms with Gasteiger partial charge in [-0.2, -0.15) is 0 Å². The van der Waals surface area contributed by atoms with Gasteiger partial charge in [0.25, 0.3) is 11.5 Å². The van der Waals surface area contributed by atoms with Gasteiger partial charge in [-0.05, 0) is 71.4 Å². The zero-order valence-corrected chi connectivity index (χ0v) is 18.3. The summed E-state index contributed by atoms with van der Waals surface area (Å²) < 4.78 is 2.62. The number of carbonyl (C=O) groups excluding carboxylic acids is 1. The number of rotatable bonds is 4. The van der Waals surface area contributed by atoms with Gasteiger partial charge in [0, 0.05) is 17.5 Å². The molecule has 0 fully saturated rings. The van der Waals surface area contributed by atoms with Crippen LogP contribution in [-0.2, 0) is 6.54 Å². The Morgan fingerprint density at radius 1 is 1.10 bits per heavy atom. The van der Waals surface area contributed by atoms with E-state index in [1.807, 2.05) is 30.3 Å². The van der Waals surface area contributed by atoms with E-state index in [9.17, 15) is 9.59 Å². The van der Waals surface area contributed by atoms with Crippen LogP contribution in [0.5, 0.6) is 0 Å². The number of carbonyl (C=O) groups is 1. The first kappa shape index (κ1) is 19.5. The summed E-state index contributed by atoms with van der Waals surface area (Å²) in [5, 5.41) is 0.570. The summed E-state index contributed by atoms with van der Waals surface area (Å²) in [6.45, 7) is 2.35. The standard InChI is InChI=1S/C22H18BrN3O2S/c1-14-24-19-6-4-3-5-18(19)22(28)26(14)16-9-7-15(8-10-16)21(27)25(2)13-17-11-12-20(23)29-17/h3-12H,13H2,1-2H3. The molecule has 4 rings (SSSR count). The van der Waals surface area contributed by atoms with Gasteiger partial charge in [0.05, 0.1) is 26.9 Å². The molecule has 0 unspecified atom stereocenters. The van der Waals surface area contributed by atoms with Gasteiger partial charge in [-0.25, -0.2) is 4.98 Å². The summed E-state index contributed by atoms with van der Waals surface area (Å²) in [6.07, 6.45) is 0. The van der Waals surface area contributed by atoms with E-state index in [1.54, 1.807) is 65.1 Å². The molecule has 7 heteroatoms. The fourth-order valence-corrected chi connectivity index (χ4v) is 4.80. The lowest BCUT2D eigenvalue weighted by Crippen LogP contribution is -2.26. The predicted molar refractivity (Wildman–Crippen MR) is 120 cm³/mol. The number of para-hydroxylation sites is 1. The highest BCUT2D eigenvalue weighted by molar-refractivity contribution is 9.11. The van der Waals surface area contributed by atoms with E-state index in [1.165, 1.54) is 0 Å². The van der Waals surface area contributed by atoms with E-state index in [-0.39, 0.29) is 11.5 Å². The summed E-state index contributed by atoms with van der Waals surface area (Å²) >= 11 is 5.05. The maximum atomic E-state index is 12.9. The Labute approximate surface area is 180 Å². The van der Waals surface area contributed by atoms with E-state index in [0.717, 1.165) is 8.66 Å². The van der Waals surface area contributed by atoms with E-state index in [4.69, 9.17) is 0 Å². The first-order valence-corrected chi connectivity index (χ1v) is 10.6. The molecule has 146 valence electrons. The van der Waals surface area contributed by atoms with Crippen molar-refractivity contribution in [2.45, 2.75) is 13.5 Å². The Morgan fingerprint density at radius 3 is 2.52 bits per heavy atom. The molecule has 2 aromatic carbocycles. The average Bonchev–Trinajstić information content (AvgIpc) is 3.12. The predicted octanol–water partition coefficient (Wildman–Crippen LogP) is 4.79. The van der Waals surface area contributed by atoms with Gasteiger partial charge < -0.3 is 4.90 Å². The SMILES string of the molecule is Cc1nc2ccccc2c(=O)n1-c1ccc(C(=O)N(C)Cc2ccc(Br)s2)cc1. The smallest absolute Gasteiger partial charge is 0.265 e. The molecule has 0 atom stereocenters. The maximum absolute atomic E-state index is 12.9. The second kappa shape index (κ2) is 7.93. The summed E-state index contributed by atoms with van der Waals surface area (Å²) in [5.74, 6) is 0.537. The normalized spacial score (nSPS) is 11.0. The highest BCUT2D eigenvalue weighted by Gasteiger charge is 2.14. The third-order valence-electron chi connectivity index (χ3n) is 4.68. The van der Waals surface area contributed by atoms with Crippen molar-refractivity contribution < 1.29 is 4.79 Å². The number of hydrogen-bond donors (Lipinski definition) is 0. The fourth-order valence-electron chi connectivity index (χ4n) is 3.26. The molecule has 0 aliphatic heterocycles. The summed E-state index contributed by atoms with van der Waals surface area (Å²) in [7, 11) is 1.78. The van der Waals surface area contributed by atoms with Crippen molar-refractivity contribution >= 4 is 44.1 Å². The van der Waals surface area contributed by atoms with Gasteiger partial charge in [-0.1, -0.05) is 12.1 Å². The van der Waals surface area contributed by atoms with E-state index >= 15 is 0 Å². The first-order chi connectivity index (χ1) is 13.9. The van der Waals surface area contributed by atoms with Gasteiger partial charge in [0.2, 0.25) is 0 Å². The highest BCUT2D eigenvalue weighted by atomic mass is 79.9. The molecule has 0 bridgehead atoms. The molecule has 5 nitrogen and oxygen atoms in total.